The number of aliphatic hydroxyl groups excluding tert-OH is 1. The van der Waals surface area contributed by atoms with Crippen LogP contribution in [-0.2, 0) is 9.47 Å². The average molecular weight is 298 g/mol. The number of aliphatic hydroxyl groups is 1. The fraction of sp³-hybridized carbons (Fsp3) is 0.368. The molecule has 0 saturated carbocycles. The van der Waals surface area contributed by atoms with Gasteiger partial charge in [0.2, 0.25) is 0 Å². The van der Waals surface area contributed by atoms with Crippen LogP contribution in [-0.4, -0.2) is 18.0 Å². The Bertz CT molecular complexity index is 549. The van der Waals surface area contributed by atoms with Gasteiger partial charge in [-0.2, -0.15) is 0 Å². The predicted octanol–water partition coefficient (Wildman–Crippen LogP) is 4.00. The van der Waals surface area contributed by atoms with E-state index in [1.165, 1.54) is 0 Å². The molecular weight excluding hydrogens is 276 g/mol. The van der Waals surface area contributed by atoms with Crippen LogP contribution in [0.4, 0.5) is 0 Å². The maximum atomic E-state index is 10.8. The second-order valence-electron chi connectivity index (χ2n) is 5.62. The predicted molar refractivity (Wildman–Crippen MR) is 85.3 cm³/mol. The molecule has 3 nitrogen and oxygen atoms in total. The first-order valence-corrected chi connectivity index (χ1v) is 7.89. The highest BCUT2D eigenvalue weighted by atomic mass is 16.7. The normalized spacial score (nSPS) is 21.2. The van der Waals surface area contributed by atoms with Gasteiger partial charge in [-0.25, -0.2) is 0 Å². The molecule has 2 aromatic carbocycles. The summed E-state index contributed by atoms with van der Waals surface area (Å²) in [5.74, 6) is 0. The summed E-state index contributed by atoms with van der Waals surface area (Å²) >= 11 is 0. The monoisotopic (exact) mass is 298 g/mol. The van der Waals surface area contributed by atoms with Gasteiger partial charge < -0.3 is 14.6 Å². The Labute approximate surface area is 131 Å². The summed E-state index contributed by atoms with van der Waals surface area (Å²) in [6.07, 6.45) is 1.69. The number of rotatable bonds is 5. The number of hydrogen-bond donors (Lipinski definition) is 1. The van der Waals surface area contributed by atoms with Gasteiger partial charge in [0.1, 0.15) is 12.2 Å². The molecule has 0 spiro atoms. The van der Waals surface area contributed by atoms with Crippen LogP contribution in [0.15, 0.2) is 60.7 Å². The Morgan fingerprint density at radius 1 is 0.909 bits per heavy atom. The van der Waals surface area contributed by atoms with Crippen molar-refractivity contribution in [3.8, 4) is 0 Å². The molecule has 0 aromatic heterocycles. The van der Waals surface area contributed by atoms with Crippen molar-refractivity contribution in [1.82, 2.24) is 0 Å². The lowest BCUT2D eigenvalue weighted by molar-refractivity contribution is -0.210. The van der Waals surface area contributed by atoms with E-state index in [0.717, 1.165) is 37.0 Å². The first kappa shape index (κ1) is 15.2. The maximum absolute atomic E-state index is 10.8. The van der Waals surface area contributed by atoms with Gasteiger partial charge in [-0.1, -0.05) is 60.7 Å². The quantitative estimate of drug-likeness (QED) is 0.906. The molecule has 1 aliphatic rings. The minimum absolute atomic E-state index is 0.239. The largest absolute Gasteiger partial charge is 0.385 e. The van der Waals surface area contributed by atoms with Crippen molar-refractivity contribution in [2.45, 2.75) is 37.8 Å². The third-order valence-corrected chi connectivity index (χ3v) is 3.99. The third-order valence-electron chi connectivity index (χ3n) is 3.99. The lowest BCUT2D eigenvalue weighted by atomic mass is 9.98. The van der Waals surface area contributed by atoms with Crippen molar-refractivity contribution in [1.29, 1.82) is 0 Å². The Morgan fingerprint density at radius 2 is 1.55 bits per heavy atom. The first-order chi connectivity index (χ1) is 10.8. The fourth-order valence-corrected chi connectivity index (χ4v) is 2.79. The smallest absolute Gasteiger partial charge is 0.158 e. The van der Waals surface area contributed by atoms with Gasteiger partial charge in [0.05, 0.1) is 0 Å². The van der Waals surface area contributed by atoms with Crippen LogP contribution in [0.1, 0.15) is 42.6 Å². The summed E-state index contributed by atoms with van der Waals surface area (Å²) < 4.78 is 11.8. The minimum Gasteiger partial charge on any atom is -0.385 e. The molecule has 0 bridgehead atoms. The van der Waals surface area contributed by atoms with Gasteiger partial charge in [0.15, 0.2) is 6.29 Å². The summed E-state index contributed by atoms with van der Waals surface area (Å²) in [6, 6.07) is 19.5. The van der Waals surface area contributed by atoms with Gasteiger partial charge in [0, 0.05) is 6.61 Å². The van der Waals surface area contributed by atoms with E-state index in [4.69, 9.17) is 9.47 Å². The lowest BCUT2D eigenvalue weighted by Gasteiger charge is -2.30. The molecule has 0 aliphatic carbocycles. The van der Waals surface area contributed by atoms with Crippen molar-refractivity contribution < 1.29 is 14.6 Å². The summed E-state index contributed by atoms with van der Waals surface area (Å²) in [6.45, 7) is 0.730. The van der Waals surface area contributed by atoms with Crippen LogP contribution in [0.25, 0.3) is 0 Å². The molecule has 116 valence electrons. The Morgan fingerprint density at radius 3 is 2.14 bits per heavy atom. The second kappa shape index (κ2) is 7.54. The van der Waals surface area contributed by atoms with E-state index < -0.39 is 12.2 Å². The lowest BCUT2D eigenvalue weighted by Crippen LogP contribution is -2.27. The molecule has 3 rings (SSSR count). The maximum Gasteiger partial charge on any atom is 0.158 e. The zero-order valence-electron chi connectivity index (χ0n) is 12.6. The van der Waals surface area contributed by atoms with Crippen LogP contribution in [0.5, 0.6) is 0 Å². The van der Waals surface area contributed by atoms with Crippen LogP contribution in [0.3, 0.4) is 0 Å². The molecule has 0 amide bonds. The summed E-state index contributed by atoms with van der Waals surface area (Å²) in [5, 5.41) is 10.8. The summed E-state index contributed by atoms with van der Waals surface area (Å²) in [7, 11) is 0. The van der Waals surface area contributed by atoms with Crippen LogP contribution >= 0.6 is 0 Å². The molecule has 2 aromatic rings. The van der Waals surface area contributed by atoms with Crippen molar-refractivity contribution in [3.05, 3.63) is 71.8 Å². The van der Waals surface area contributed by atoms with Crippen LogP contribution < -0.4 is 0 Å². The molecule has 1 aliphatic heterocycles. The molecular formula is C19H22O3. The van der Waals surface area contributed by atoms with Gasteiger partial charge in [-0.05, 0) is 30.4 Å². The zero-order chi connectivity index (χ0) is 15.2. The van der Waals surface area contributed by atoms with E-state index in [1.54, 1.807) is 0 Å². The number of ether oxygens (including phenoxy) is 2. The molecule has 22 heavy (non-hydrogen) atoms. The van der Waals surface area contributed by atoms with Gasteiger partial charge >= 0.3 is 0 Å². The Balaban J connectivity index is 1.82. The second-order valence-corrected chi connectivity index (χ2v) is 5.62. The van der Waals surface area contributed by atoms with Gasteiger partial charge in [0.25, 0.3) is 0 Å². The topological polar surface area (TPSA) is 38.7 Å². The number of hydrogen-bond acceptors (Lipinski definition) is 3. The van der Waals surface area contributed by atoms with E-state index in [-0.39, 0.29) is 6.29 Å². The van der Waals surface area contributed by atoms with Crippen molar-refractivity contribution in [2.75, 3.05) is 6.61 Å². The molecule has 1 unspecified atom stereocenters. The molecule has 1 fully saturated rings. The SMILES string of the molecule is O[C@H](c1ccccc1)[C@@H](OC1CCCCO1)c1ccccc1. The minimum atomic E-state index is -0.714. The van der Waals surface area contributed by atoms with E-state index in [1.807, 2.05) is 60.7 Å². The first-order valence-electron chi connectivity index (χ1n) is 7.89. The van der Waals surface area contributed by atoms with Crippen molar-refractivity contribution in [2.24, 2.45) is 0 Å². The zero-order valence-corrected chi connectivity index (χ0v) is 12.6. The van der Waals surface area contributed by atoms with Crippen LogP contribution in [0.2, 0.25) is 0 Å². The molecule has 1 heterocycles. The van der Waals surface area contributed by atoms with E-state index in [2.05, 4.69) is 0 Å². The average Bonchev–Trinajstić information content (AvgIpc) is 2.61. The molecule has 1 saturated heterocycles. The number of benzene rings is 2. The molecule has 3 atom stereocenters. The van der Waals surface area contributed by atoms with E-state index in [9.17, 15) is 5.11 Å². The molecule has 1 N–H and O–H groups in total. The molecule has 3 heteroatoms. The van der Waals surface area contributed by atoms with Gasteiger partial charge in [-0.3, -0.25) is 0 Å². The van der Waals surface area contributed by atoms with E-state index in [0.29, 0.717) is 0 Å². The van der Waals surface area contributed by atoms with Crippen molar-refractivity contribution >= 4 is 0 Å². The van der Waals surface area contributed by atoms with Crippen molar-refractivity contribution in [3.63, 3.8) is 0 Å². The Hall–Kier alpha value is -1.68. The van der Waals surface area contributed by atoms with Crippen LogP contribution in [0, 0.1) is 0 Å². The highest BCUT2D eigenvalue weighted by molar-refractivity contribution is 5.25. The van der Waals surface area contributed by atoms with Gasteiger partial charge in [-0.15, -0.1) is 0 Å². The third kappa shape index (κ3) is 3.74. The fourth-order valence-electron chi connectivity index (χ4n) is 2.79. The standard InChI is InChI=1S/C19H22O3/c20-18(15-9-3-1-4-10-15)19(16-11-5-2-6-12-16)22-17-13-7-8-14-21-17/h1-6,9-12,17-20H,7-8,13-14H2/t17?,18-,19+/m1/s1. The highest BCUT2D eigenvalue weighted by Gasteiger charge is 2.28. The summed E-state index contributed by atoms with van der Waals surface area (Å²) in [4.78, 5) is 0. The van der Waals surface area contributed by atoms with E-state index >= 15 is 0 Å². The summed E-state index contributed by atoms with van der Waals surface area (Å²) in [5.41, 5.74) is 1.82. The Kier molecular flexibility index (Phi) is 5.22. The molecule has 0 radical (unpaired) electrons. The highest BCUT2D eigenvalue weighted by Crippen LogP contribution is 2.34.